The number of benzene rings is 1. The summed E-state index contributed by atoms with van der Waals surface area (Å²) in [5, 5.41) is 3.70. The summed E-state index contributed by atoms with van der Waals surface area (Å²) >= 11 is 0. The van der Waals surface area contributed by atoms with Gasteiger partial charge in [-0.2, -0.15) is 5.10 Å². The first-order chi connectivity index (χ1) is 15.5. The van der Waals surface area contributed by atoms with E-state index in [0.29, 0.717) is 42.7 Å². The van der Waals surface area contributed by atoms with E-state index in [-0.39, 0.29) is 24.2 Å². The summed E-state index contributed by atoms with van der Waals surface area (Å²) in [7, 11) is 0. The number of hydrogen-bond acceptors (Lipinski definition) is 7. The Morgan fingerprint density at radius 3 is 2.81 bits per heavy atom. The molecular weight excluding hydrogens is 413 g/mol. The van der Waals surface area contributed by atoms with Gasteiger partial charge in [-0.05, 0) is 55.7 Å². The normalized spacial score (nSPS) is 19.1. The molecule has 1 unspecified atom stereocenters. The van der Waals surface area contributed by atoms with Crippen molar-refractivity contribution in [3.8, 4) is 5.88 Å². The van der Waals surface area contributed by atoms with Crippen molar-refractivity contribution in [1.29, 1.82) is 0 Å². The van der Waals surface area contributed by atoms with Gasteiger partial charge in [-0.3, -0.25) is 4.79 Å². The molecule has 1 atom stereocenters. The van der Waals surface area contributed by atoms with E-state index in [0.717, 1.165) is 30.7 Å². The number of pyridine rings is 1. The monoisotopic (exact) mass is 439 g/mol. The summed E-state index contributed by atoms with van der Waals surface area (Å²) in [6.07, 6.45) is 1.78. The Kier molecular flexibility index (Phi) is 6.75. The molecule has 32 heavy (non-hydrogen) atoms. The highest BCUT2D eigenvalue weighted by molar-refractivity contribution is 6.42. The van der Waals surface area contributed by atoms with Gasteiger partial charge in [-0.1, -0.05) is 0 Å². The zero-order valence-corrected chi connectivity index (χ0v) is 18.0. The Morgan fingerprint density at radius 2 is 2.09 bits per heavy atom. The first-order valence-electron chi connectivity index (χ1n) is 10.6. The fraction of sp³-hybridized carbons (Fsp3) is 0.391. The van der Waals surface area contributed by atoms with Crippen LogP contribution < -0.4 is 10.6 Å². The Bertz CT molecular complexity index is 1030. The van der Waals surface area contributed by atoms with E-state index < -0.39 is 0 Å². The highest BCUT2D eigenvalue weighted by Crippen LogP contribution is 2.27. The molecule has 0 aliphatic carbocycles. The summed E-state index contributed by atoms with van der Waals surface area (Å²) in [6.45, 7) is 4.05. The molecule has 0 bridgehead atoms. The van der Waals surface area contributed by atoms with Crippen LogP contribution in [0.5, 0.6) is 5.88 Å². The second-order valence-electron chi connectivity index (χ2n) is 7.90. The molecular formula is C23H26FN5O3. The molecule has 1 saturated heterocycles. The van der Waals surface area contributed by atoms with Crippen LogP contribution in [0.15, 0.2) is 46.5 Å². The third-order valence-electron chi connectivity index (χ3n) is 5.62. The zero-order chi connectivity index (χ0) is 22.5. The average molecular weight is 439 g/mol. The van der Waals surface area contributed by atoms with Crippen molar-refractivity contribution in [3.05, 3.63) is 53.5 Å². The van der Waals surface area contributed by atoms with Crippen LogP contribution in [0.1, 0.15) is 31.0 Å². The number of hydrazone groups is 1. The molecule has 4 rings (SSSR count). The van der Waals surface area contributed by atoms with Crippen molar-refractivity contribution in [2.45, 2.75) is 32.9 Å². The maximum atomic E-state index is 13.2. The van der Waals surface area contributed by atoms with E-state index in [1.165, 1.54) is 12.1 Å². The molecule has 0 spiro atoms. The number of carbonyl (C=O) groups is 1. The van der Waals surface area contributed by atoms with Gasteiger partial charge < -0.3 is 20.2 Å². The molecule has 2 aromatic rings. The average Bonchev–Trinajstić information content (AvgIpc) is 3.26. The van der Waals surface area contributed by atoms with Crippen molar-refractivity contribution in [1.82, 2.24) is 9.88 Å². The molecule has 3 heterocycles. The van der Waals surface area contributed by atoms with E-state index in [2.05, 4.69) is 15.1 Å². The molecule has 168 valence electrons. The summed E-state index contributed by atoms with van der Waals surface area (Å²) in [5.41, 5.74) is 3.42. The number of carbonyl (C=O) groups excluding carboxylic acids is 1. The van der Waals surface area contributed by atoms with Crippen LogP contribution in [0.4, 0.5) is 10.1 Å². The van der Waals surface area contributed by atoms with Gasteiger partial charge in [0.1, 0.15) is 18.1 Å². The van der Waals surface area contributed by atoms with Crippen LogP contribution >= 0.6 is 0 Å². The lowest BCUT2D eigenvalue weighted by molar-refractivity contribution is -0.140. The van der Waals surface area contributed by atoms with Crippen LogP contribution in [-0.2, 0) is 22.6 Å². The smallest absolute Gasteiger partial charge is 0.228 e. The van der Waals surface area contributed by atoms with E-state index in [1.54, 1.807) is 25.1 Å². The predicted molar refractivity (Wildman–Crippen MR) is 118 cm³/mol. The van der Waals surface area contributed by atoms with Gasteiger partial charge in [0, 0.05) is 19.2 Å². The zero-order valence-electron chi connectivity index (χ0n) is 18.0. The molecule has 2 aliphatic heterocycles. The molecule has 9 heteroatoms. The Morgan fingerprint density at radius 1 is 1.28 bits per heavy atom. The van der Waals surface area contributed by atoms with E-state index >= 15 is 0 Å². The maximum Gasteiger partial charge on any atom is 0.228 e. The van der Waals surface area contributed by atoms with Crippen molar-refractivity contribution in [2.75, 3.05) is 19.8 Å². The molecule has 1 fully saturated rings. The Labute approximate surface area is 185 Å². The minimum absolute atomic E-state index is 0.0717. The topological polar surface area (TPSA) is 102 Å². The third-order valence-corrected chi connectivity index (χ3v) is 5.62. The van der Waals surface area contributed by atoms with Gasteiger partial charge >= 0.3 is 0 Å². The maximum absolute atomic E-state index is 13.2. The number of aliphatic imine (C=N–C) groups is 1. The Balaban J connectivity index is 1.42. The second-order valence-corrected chi connectivity index (χ2v) is 7.90. The number of rotatable bonds is 6. The van der Waals surface area contributed by atoms with Crippen LogP contribution in [0.2, 0.25) is 0 Å². The first-order valence-corrected chi connectivity index (χ1v) is 10.6. The van der Waals surface area contributed by atoms with Gasteiger partial charge in [0.15, 0.2) is 0 Å². The molecule has 1 aromatic carbocycles. The van der Waals surface area contributed by atoms with Crippen molar-refractivity contribution in [2.24, 2.45) is 21.9 Å². The van der Waals surface area contributed by atoms with Crippen LogP contribution in [-0.4, -0.2) is 47.0 Å². The van der Waals surface area contributed by atoms with Gasteiger partial charge in [-0.25, -0.2) is 14.4 Å². The number of nitrogens with zero attached hydrogens (tertiary/aromatic N) is 4. The number of amides is 1. The van der Waals surface area contributed by atoms with Crippen molar-refractivity contribution < 1.29 is 18.7 Å². The second kappa shape index (κ2) is 9.86. The SMILES string of the molecule is C/C(=N/N)C(COc1ccc2c(n1)CN(C(=O)C1CCCOC1)C2)=Nc1ccc(F)cc1. The molecule has 1 aromatic heterocycles. The number of ether oxygens (including phenoxy) is 2. The number of halogens is 1. The summed E-state index contributed by atoms with van der Waals surface area (Å²) < 4.78 is 24.5. The van der Waals surface area contributed by atoms with E-state index in [1.807, 2.05) is 11.0 Å². The van der Waals surface area contributed by atoms with Gasteiger partial charge in [0.05, 0.1) is 36.2 Å². The fourth-order valence-corrected chi connectivity index (χ4v) is 3.77. The minimum Gasteiger partial charge on any atom is -0.471 e. The van der Waals surface area contributed by atoms with Crippen LogP contribution in [0.25, 0.3) is 0 Å². The summed E-state index contributed by atoms with van der Waals surface area (Å²) in [6, 6.07) is 9.51. The van der Waals surface area contributed by atoms with Gasteiger partial charge in [-0.15, -0.1) is 0 Å². The number of nitrogens with two attached hydrogens (primary N) is 1. The fourth-order valence-electron chi connectivity index (χ4n) is 3.77. The standard InChI is InChI=1S/C23H26FN5O3/c1-15(28-25)21(26-19-7-5-18(24)6-8-19)14-32-22-9-4-16-11-29(12-20(16)27-22)23(30)17-3-2-10-31-13-17/h4-9,17H,2-3,10-14,25H2,1H3/b26-21?,28-15-. The lowest BCUT2D eigenvalue weighted by Gasteiger charge is -2.25. The Hall–Kier alpha value is -3.33. The number of fused-ring (bicyclic) bond motifs is 1. The molecule has 0 saturated carbocycles. The first kappa shape index (κ1) is 21.9. The van der Waals surface area contributed by atoms with E-state index in [4.69, 9.17) is 15.3 Å². The number of hydrogen-bond donors (Lipinski definition) is 1. The van der Waals surface area contributed by atoms with Crippen LogP contribution in [0.3, 0.4) is 0 Å². The molecule has 1 amide bonds. The predicted octanol–water partition coefficient (Wildman–Crippen LogP) is 2.98. The van der Waals surface area contributed by atoms with Crippen molar-refractivity contribution >= 4 is 23.0 Å². The molecule has 2 N–H and O–H groups in total. The third kappa shape index (κ3) is 5.11. The van der Waals surface area contributed by atoms with Gasteiger partial charge in [0.2, 0.25) is 11.8 Å². The molecule has 8 nitrogen and oxygen atoms in total. The van der Waals surface area contributed by atoms with E-state index in [9.17, 15) is 9.18 Å². The minimum atomic E-state index is -0.336. The summed E-state index contributed by atoms with van der Waals surface area (Å²) in [5.74, 6) is 5.57. The summed E-state index contributed by atoms with van der Waals surface area (Å²) in [4.78, 5) is 23.7. The highest BCUT2D eigenvalue weighted by Gasteiger charge is 2.31. The highest BCUT2D eigenvalue weighted by atomic mass is 19.1. The quantitative estimate of drug-likeness (QED) is 0.424. The van der Waals surface area contributed by atoms with Gasteiger partial charge in [0.25, 0.3) is 0 Å². The lowest BCUT2D eigenvalue weighted by atomic mass is 10.0. The molecule has 2 aliphatic rings. The number of aromatic nitrogens is 1. The lowest BCUT2D eigenvalue weighted by Crippen LogP contribution is -2.36. The van der Waals surface area contributed by atoms with Crippen molar-refractivity contribution in [3.63, 3.8) is 0 Å². The largest absolute Gasteiger partial charge is 0.471 e. The van der Waals surface area contributed by atoms with Crippen LogP contribution in [0, 0.1) is 11.7 Å². The molecule has 0 radical (unpaired) electrons.